The minimum absolute atomic E-state index is 0.0875. The number of anilines is 2. The lowest BCUT2D eigenvalue weighted by Gasteiger charge is -2.29. The van der Waals surface area contributed by atoms with Crippen molar-refractivity contribution < 1.29 is 9.53 Å². The molecule has 0 aliphatic carbocycles. The molecule has 2 heterocycles. The molecule has 1 amide bonds. The van der Waals surface area contributed by atoms with E-state index in [1.54, 1.807) is 19.5 Å². The van der Waals surface area contributed by atoms with Gasteiger partial charge in [-0.15, -0.1) is 0 Å². The summed E-state index contributed by atoms with van der Waals surface area (Å²) >= 11 is 0. The summed E-state index contributed by atoms with van der Waals surface area (Å²) in [6, 6.07) is 30.0. The number of benzene rings is 3. The van der Waals surface area contributed by atoms with Crippen LogP contribution in [0.3, 0.4) is 0 Å². The molecule has 1 atom stereocenters. The van der Waals surface area contributed by atoms with Gasteiger partial charge in [0.15, 0.2) is 0 Å². The Hall–Kier alpha value is -3.92. The molecular formula is C28H24N2O2. The number of carbonyl (C=O) groups excluding carboxylic acids is 1. The zero-order valence-electron chi connectivity index (χ0n) is 17.9. The smallest absolute Gasteiger partial charge is 0.242 e. The van der Waals surface area contributed by atoms with Gasteiger partial charge in [-0.2, -0.15) is 0 Å². The molecule has 4 aromatic rings. The van der Waals surface area contributed by atoms with Crippen LogP contribution in [0, 0.1) is 0 Å². The summed E-state index contributed by atoms with van der Waals surface area (Å²) < 4.78 is 5.45. The van der Waals surface area contributed by atoms with Crippen LogP contribution in [0.15, 0.2) is 103 Å². The fourth-order valence-electron chi connectivity index (χ4n) is 4.73. The molecule has 5 rings (SSSR count). The number of para-hydroxylation sites is 2. The summed E-state index contributed by atoms with van der Waals surface area (Å²) in [6.45, 7) is 0. The number of hydrogen-bond donors (Lipinski definition) is 0. The van der Waals surface area contributed by atoms with Gasteiger partial charge in [0, 0.05) is 18.1 Å². The predicted octanol–water partition coefficient (Wildman–Crippen LogP) is 5.49. The minimum atomic E-state index is -0.736. The van der Waals surface area contributed by atoms with E-state index >= 15 is 0 Å². The highest BCUT2D eigenvalue weighted by Gasteiger charge is 2.51. The maximum Gasteiger partial charge on any atom is 0.242 e. The third kappa shape index (κ3) is 3.44. The van der Waals surface area contributed by atoms with Crippen LogP contribution in [0.5, 0.6) is 5.75 Å². The number of methoxy groups -OCH3 is 1. The zero-order chi connectivity index (χ0) is 22.0. The maximum atomic E-state index is 14.3. The molecule has 4 nitrogen and oxygen atoms in total. The first-order valence-electron chi connectivity index (χ1n) is 10.7. The summed E-state index contributed by atoms with van der Waals surface area (Å²) in [7, 11) is 1.67. The van der Waals surface area contributed by atoms with E-state index in [0.29, 0.717) is 12.8 Å². The van der Waals surface area contributed by atoms with E-state index in [0.717, 1.165) is 33.8 Å². The average molecular weight is 421 g/mol. The van der Waals surface area contributed by atoms with Crippen molar-refractivity contribution in [1.82, 2.24) is 4.98 Å². The van der Waals surface area contributed by atoms with Crippen LogP contribution in [0.4, 0.5) is 11.4 Å². The van der Waals surface area contributed by atoms with Crippen molar-refractivity contribution in [3.8, 4) is 5.75 Å². The summed E-state index contributed by atoms with van der Waals surface area (Å²) in [6.07, 6.45) is 4.74. The van der Waals surface area contributed by atoms with Gasteiger partial charge in [-0.05, 0) is 72.0 Å². The molecule has 0 saturated carbocycles. The highest BCUT2D eigenvalue weighted by molar-refractivity contribution is 6.13. The maximum absolute atomic E-state index is 14.3. The molecule has 0 fully saturated rings. The number of aromatic nitrogens is 1. The second-order valence-corrected chi connectivity index (χ2v) is 8.14. The van der Waals surface area contributed by atoms with Gasteiger partial charge in [0.1, 0.15) is 5.75 Å². The molecule has 0 spiro atoms. The van der Waals surface area contributed by atoms with Crippen LogP contribution in [-0.2, 0) is 23.1 Å². The molecular weight excluding hydrogens is 396 g/mol. The number of amides is 1. The summed E-state index contributed by atoms with van der Waals surface area (Å²) in [5.41, 5.74) is 4.29. The van der Waals surface area contributed by atoms with E-state index in [-0.39, 0.29) is 5.91 Å². The van der Waals surface area contributed by atoms with E-state index in [2.05, 4.69) is 17.1 Å². The lowest BCUT2D eigenvalue weighted by atomic mass is 9.72. The topological polar surface area (TPSA) is 42.4 Å². The second kappa shape index (κ2) is 8.31. The summed E-state index contributed by atoms with van der Waals surface area (Å²) in [5, 5.41) is 0. The molecule has 32 heavy (non-hydrogen) atoms. The first-order valence-corrected chi connectivity index (χ1v) is 10.7. The second-order valence-electron chi connectivity index (χ2n) is 8.14. The van der Waals surface area contributed by atoms with Gasteiger partial charge in [0.2, 0.25) is 5.91 Å². The average Bonchev–Trinajstić information content (AvgIpc) is 3.08. The summed E-state index contributed by atoms with van der Waals surface area (Å²) in [4.78, 5) is 20.4. The van der Waals surface area contributed by atoms with Crippen molar-refractivity contribution in [3.05, 3.63) is 120 Å². The first-order chi connectivity index (χ1) is 15.7. The first kappa shape index (κ1) is 20.0. The van der Waals surface area contributed by atoms with Crippen LogP contribution in [0.1, 0.15) is 16.7 Å². The Bertz CT molecular complexity index is 1240. The van der Waals surface area contributed by atoms with E-state index in [9.17, 15) is 4.79 Å². The molecule has 0 bridgehead atoms. The third-order valence-corrected chi connectivity index (χ3v) is 6.18. The van der Waals surface area contributed by atoms with Crippen molar-refractivity contribution in [3.63, 3.8) is 0 Å². The molecule has 1 aliphatic heterocycles. The molecule has 3 aromatic carbocycles. The predicted molar refractivity (Wildman–Crippen MR) is 126 cm³/mol. The summed E-state index contributed by atoms with van der Waals surface area (Å²) in [5.74, 6) is 0.879. The number of rotatable bonds is 6. The van der Waals surface area contributed by atoms with Gasteiger partial charge in [0.05, 0.1) is 18.2 Å². The Kier molecular flexibility index (Phi) is 5.20. The lowest BCUT2D eigenvalue weighted by Crippen LogP contribution is -2.42. The van der Waals surface area contributed by atoms with Crippen LogP contribution >= 0.6 is 0 Å². The Morgan fingerprint density at radius 2 is 1.53 bits per heavy atom. The van der Waals surface area contributed by atoms with Gasteiger partial charge >= 0.3 is 0 Å². The molecule has 0 N–H and O–H groups in total. The fourth-order valence-corrected chi connectivity index (χ4v) is 4.73. The van der Waals surface area contributed by atoms with E-state index < -0.39 is 5.41 Å². The van der Waals surface area contributed by atoms with Crippen molar-refractivity contribution in [1.29, 1.82) is 0 Å². The molecule has 0 saturated heterocycles. The van der Waals surface area contributed by atoms with Crippen LogP contribution in [0.2, 0.25) is 0 Å². The Morgan fingerprint density at radius 1 is 0.812 bits per heavy atom. The fraction of sp³-hybridized carbons (Fsp3) is 0.143. The van der Waals surface area contributed by atoms with Crippen molar-refractivity contribution in [2.24, 2.45) is 0 Å². The van der Waals surface area contributed by atoms with Crippen LogP contribution in [0.25, 0.3) is 0 Å². The zero-order valence-corrected chi connectivity index (χ0v) is 17.9. The van der Waals surface area contributed by atoms with Crippen LogP contribution in [-0.4, -0.2) is 18.0 Å². The van der Waals surface area contributed by atoms with Crippen molar-refractivity contribution >= 4 is 17.3 Å². The Morgan fingerprint density at radius 3 is 2.31 bits per heavy atom. The van der Waals surface area contributed by atoms with E-state index in [1.165, 1.54) is 0 Å². The monoisotopic (exact) mass is 420 g/mol. The molecule has 1 unspecified atom stereocenters. The standard InChI is InChI=1S/C28H24N2O2/c1-32-24-11-7-8-22(18-24)20-28(19-21-14-16-29-17-15-21)25-12-5-6-13-26(25)30(27(28)31)23-9-3-2-4-10-23/h2-18H,19-20H2,1H3. The SMILES string of the molecule is COc1cccc(CC2(Cc3ccncc3)C(=O)N(c3ccccc3)c3ccccc32)c1. The van der Waals surface area contributed by atoms with Crippen molar-refractivity contribution in [2.45, 2.75) is 18.3 Å². The van der Waals surface area contributed by atoms with Gasteiger partial charge in [-0.3, -0.25) is 14.7 Å². The minimum Gasteiger partial charge on any atom is -0.497 e. The number of ether oxygens (including phenoxy) is 1. The quantitative estimate of drug-likeness (QED) is 0.414. The Labute approximate surface area is 188 Å². The molecule has 1 aliphatic rings. The van der Waals surface area contributed by atoms with Gasteiger partial charge in [-0.25, -0.2) is 0 Å². The third-order valence-electron chi connectivity index (χ3n) is 6.18. The largest absolute Gasteiger partial charge is 0.497 e. The highest BCUT2D eigenvalue weighted by atomic mass is 16.5. The number of fused-ring (bicyclic) bond motifs is 1. The number of nitrogens with zero attached hydrogens (tertiary/aromatic N) is 2. The van der Waals surface area contributed by atoms with Gasteiger partial charge in [0.25, 0.3) is 0 Å². The van der Waals surface area contributed by atoms with Crippen LogP contribution < -0.4 is 9.64 Å². The van der Waals surface area contributed by atoms with Gasteiger partial charge in [-0.1, -0.05) is 48.5 Å². The van der Waals surface area contributed by atoms with E-state index in [1.807, 2.05) is 83.8 Å². The normalized spacial score (nSPS) is 17.3. The number of pyridine rings is 1. The Balaban J connectivity index is 1.69. The number of hydrogen-bond acceptors (Lipinski definition) is 3. The molecule has 1 aromatic heterocycles. The molecule has 0 radical (unpaired) electrons. The van der Waals surface area contributed by atoms with Gasteiger partial charge < -0.3 is 4.74 Å². The molecule has 4 heteroatoms. The highest BCUT2D eigenvalue weighted by Crippen LogP contribution is 2.49. The van der Waals surface area contributed by atoms with Crippen molar-refractivity contribution in [2.75, 3.05) is 12.0 Å². The van der Waals surface area contributed by atoms with E-state index in [4.69, 9.17) is 4.74 Å². The number of carbonyl (C=O) groups is 1. The molecule has 158 valence electrons. The lowest BCUT2D eigenvalue weighted by molar-refractivity contribution is -0.122.